The van der Waals surface area contributed by atoms with Crippen molar-refractivity contribution in [1.82, 2.24) is 25.3 Å². The summed E-state index contributed by atoms with van der Waals surface area (Å²) in [7, 11) is 0. The number of ether oxygens (including phenoxy) is 1. The zero-order valence-electron chi connectivity index (χ0n) is 15.4. The normalized spacial score (nSPS) is 21.4. The van der Waals surface area contributed by atoms with Gasteiger partial charge in [0.15, 0.2) is 0 Å². The lowest BCUT2D eigenvalue weighted by molar-refractivity contribution is -0.122. The van der Waals surface area contributed by atoms with Crippen LogP contribution in [0.1, 0.15) is 44.2 Å². The first-order valence-corrected chi connectivity index (χ1v) is 9.61. The fraction of sp³-hybridized carbons (Fsp3) is 0.722. The Morgan fingerprint density at radius 1 is 1.35 bits per heavy atom. The van der Waals surface area contributed by atoms with Crippen LogP contribution in [0.3, 0.4) is 0 Å². The molecule has 8 heteroatoms. The lowest BCUT2D eigenvalue weighted by atomic mass is 9.97. The third-order valence-electron chi connectivity index (χ3n) is 5.07. The molecule has 1 aromatic heterocycles. The summed E-state index contributed by atoms with van der Waals surface area (Å²) in [6, 6.07) is 2.12. The van der Waals surface area contributed by atoms with Gasteiger partial charge in [-0.15, -0.1) is 0 Å². The van der Waals surface area contributed by atoms with Crippen molar-refractivity contribution >= 4 is 12.0 Å². The number of hydrogen-bond donors (Lipinski definition) is 2. The van der Waals surface area contributed by atoms with Crippen LogP contribution in [0.15, 0.2) is 12.3 Å². The van der Waals surface area contributed by atoms with Gasteiger partial charge in [0, 0.05) is 37.8 Å². The lowest BCUT2D eigenvalue weighted by Crippen LogP contribution is -2.47. The van der Waals surface area contributed by atoms with Crippen molar-refractivity contribution in [2.24, 2.45) is 0 Å². The molecule has 144 valence electrons. The van der Waals surface area contributed by atoms with Crippen molar-refractivity contribution in [1.29, 1.82) is 0 Å². The van der Waals surface area contributed by atoms with E-state index in [-0.39, 0.29) is 24.6 Å². The highest BCUT2D eigenvalue weighted by Gasteiger charge is 2.24. The van der Waals surface area contributed by atoms with Gasteiger partial charge in [0.2, 0.25) is 5.91 Å². The third-order valence-corrected chi connectivity index (χ3v) is 5.07. The monoisotopic (exact) mass is 363 g/mol. The van der Waals surface area contributed by atoms with Crippen LogP contribution in [-0.2, 0) is 16.1 Å². The number of likely N-dealkylation sites (tertiary alicyclic amines) is 1. The molecule has 2 saturated heterocycles. The number of aromatic nitrogens is 2. The molecule has 0 aliphatic carbocycles. The van der Waals surface area contributed by atoms with Gasteiger partial charge in [-0.25, -0.2) is 4.79 Å². The summed E-state index contributed by atoms with van der Waals surface area (Å²) < 4.78 is 6.73. The molecule has 3 rings (SSSR count). The van der Waals surface area contributed by atoms with Gasteiger partial charge in [0.05, 0.1) is 12.3 Å². The van der Waals surface area contributed by atoms with Gasteiger partial charge in [0.1, 0.15) is 6.54 Å². The number of amides is 2. The fourth-order valence-corrected chi connectivity index (χ4v) is 3.63. The maximum atomic E-state index is 12.3. The molecule has 3 heterocycles. The minimum atomic E-state index is -0.265. The second-order valence-corrected chi connectivity index (χ2v) is 7.01. The molecule has 0 bridgehead atoms. The van der Waals surface area contributed by atoms with Crippen molar-refractivity contribution in [2.75, 3.05) is 32.8 Å². The molecule has 0 radical (unpaired) electrons. The Balaban J connectivity index is 1.42. The second kappa shape index (κ2) is 9.02. The minimum Gasteiger partial charge on any atom is -0.450 e. The van der Waals surface area contributed by atoms with Crippen LogP contribution in [-0.4, -0.2) is 65.5 Å². The fourth-order valence-electron chi connectivity index (χ4n) is 3.63. The average Bonchev–Trinajstić information content (AvgIpc) is 3.11. The van der Waals surface area contributed by atoms with Crippen LogP contribution >= 0.6 is 0 Å². The molecule has 1 aromatic rings. The maximum absolute atomic E-state index is 12.3. The molecular weight excluding hydrogens is 334 g/mol. The highest BCUT2D eigenvalue weighted by Crippen LogP contribution is 2.21. The molecule has 26 heavy (non-hydrogen) atoms. The highest BCUT2D eigenvalue weighted by atomic mass is 16.6. The Morgan fingerprint density at radius 3 is 2.85 bits per heavy atom. The van der Waals surface area contributed by atoms with E-state index in [0.717, 1.165) is 38.0 Å². The van der Waals surface area contributed by atoms with Crippen molar-refractivity contribution in [3.8, 4) is 0 Å². The summed E-state index contributed by atoms with van der Waals surface area (Å²) in [4.78, 5) is 25.7. The van der Waals surface area contributed by atoms with Gasteiger partial charge in [-0.2, -0.15) is 5.10 Å². The summed E-state index contributed by atoms with van der Waals surface area (Å²) >= 11 is 0. The Kier molecular flexibility index (Phi) is 6.49. The molecule has 2 amide bonds. The first-order valence-electron chi connectivity index (χ1n) is 9.61. The molecule has 8 nitrogen and oxygen atoms in total. The highest BCUT2D eigenvalue weighted by molar-refractivity contribution is 5.76. The summed E-state index contributed by atoms with van der Waals surface area (Å²) in [5.74, 6) is 0.413. The van der Waals surface area contributed by atoms with Gasteiger partial charge in [0.25, 0.3) is 0 Å². The molecule has 0 spiro atoms. The van der Waals surface area contributed by atoms with Crippen LogP contribution in [0, 0.1) is 0 Å². The first kappa shape index (κ1) is 18.7. The quantitative estimate of drug-likeness (QED) is 0.817. The number of nitrogens with one attached hydrogen (secondary N) is 2. The van der Waals surface area contributed by atoms with Gasteiger partial charge >= 0.3 is 6.09 Å². The summed E-state index contributed by atoms with van der Waals surface area (Å²) in [6.07, 6.45) is 5.44. The molecule has 2 fully saturated rings. The average molecular weight is 363 g/mol. The number of hydrogen-bond acceptors (Lipinski definition) is 5. The molecule has 0 saturated carbocycles. The molecule has 1 atom stereocenters. The summed E-state index contributed by atoms with van der Waals surface area (Å²) in [6.45, 7) is 5.69. The summed E-state index contributed by atoms with van der Waals surface area (Å²) in [5, 5.41) is 11.0. The molecule has 0 unspecified atom stereocenters. The molecule has 0 aromatic carbocycles. The third kappa shape index (κ3) is 4.97. The van der Waals surface area contributed by atoms with Crippen molar-refractivity contribution in [3.63, 3.8) is 0 Å². The van der Waals surface area contributed by atoms with Gasteiger partial charge < -0.3 is 20.3 Å². The summed E-state index contributed by atoms with van der Waals surface area (Å²) in [5.41, 5.74) is 1.06. The lowest BCUT2D eigenvalue weighted by Gasteiger charge is -2.31. The Bertz CT molecular complexity index is 604. The Labute approximate surface area is 154 Å². The number of carbonyl (C=O) groups excluding carboxylic acids is 2. The smallest absolute Gasteiger partial charge is 0.409 e. The van der Waals surface area contributed by atoms with Crippen LogP contribution in [0.4, 0.5) is 4.79 Å². The van der Waals surface area contributed by atoms with Crippen LogP contribution < -0.4 is 10.6 Å². The molecule has 2 aliphatic heterocycles. The van der Waals surface area contributed by atoms with Gasteiger partial charge in [-0.1, -0.05) is 0 Å². The Morgan fingerprint density at radius 2 is 2.15 bits per heavy atom. The zero-order valence-corrected chi connectivity index (χ0v) is 15.4. The largest absolute Gasteiger partial charge is 0.450 e. The first-order chi connectivity index (χ1) is 12.7. The van der Waals surface area contributed by atoms with E-state index >= 15 is 0 Å². The maximum Gasteiger partial charge on any atom is 0.409 e. The van der Waals surface area contributed by atoms with Crippen LogP contribution in [0.5, 0.6) is 0 Å². The predicted molar refractivity (Wildman–Crippen MR) is 96.8 cm³/mol. The Hall–Kier alpha value is -2.09. The van der Waals surface area contributed by atoms with E-state index in [4.69, 9.17) is 4.74 Å². The van der Waals surface area contributed by atoms with E-state index in [1.165, 1.54) is 6.42 Å². The van der Waals surface area contributed by atoms with E-state index in [2.05, 4.69) is 15.7 Å². The zero-order chi connectivity index (χ0) is 18.4. The van der Waals surface area contributed by atoms with E-state index in [1.54, 1.807) is 16.5 Å². The SMILES string of the molecule is CCOC(=O)N1CCC(NC(=O)Cn2ccc([C@@H]3CCCNC3)n2)CC1. The minimum absolute atomic E-state index is 0.0315. The molecule has 2 N–H and O–H groups in total. The number of carbonyl (C=O) groups is 2. The molecular formula is C18H29N5O3. The predicted octanol–water partition coefficient (Wildman–Crippen LogP) is 1.09. The van der Waals surface area contributed by atoms with Crippen molar-refractivity contribution < 1.29 is 14.3 Å². The van der Waals surface area contributed by atoms with E-state index in [0.29, 0.717) is 25.6 Å². The van der Waals surface area contributed by atoms with Crippen LogP contribution in [0.25, 0.3) is 0 Å². The number of rotatable bonds is 5. The van der Waals surface area contributed by atoms with Gasteiger partial charge in [-0.3, -0.25) is 9.48 Å². The van der Waals surface area contributed by atoms with Crippen molar-refractivity contribution in [2.45, 2.75) is 51.1 Å². The van der Waals surface area contributed by atoms with E-state index < -0.39 is 0 Å². The number of nitrogens with zero attached hydrogens (tertiary/aromatic N) is 3. The molecule has 2 aliphatic rings. The topological polar surface area (TPSA) is 88.5 Å². The number of piperidine rings is 2. The van der Waals surface area contributed by atoms with E-state index in [1.807, 2.05) is 12.3 Å². The van der Waals surface area contributed by atoms with E-state index in [9.17, 15) is 9.59 Å². The van der Waals surface area contributed by atoms with Crippen molar-refractivity contribution in [3.05, 3.63) is 18.0 Å². The van der Waals surface area contributed by atoms with Crippen LogP contribution in [0.2, 0.25) is 0 Å². The second-order valence-electron chi connectivity index (χ2n) is 7.01. The van der Waals surface area contributed by atoms with Gasteiger partial charge in [-0.05, 0) is 45.2 Å². The standard InChI is InChI=1S/C18H29N5O3/c1-2-26-18(25)22-9-5-15(6-10-22)20-17(24)13-23-11-7-16(21-23)14-4-3-8-19-12-14/h7,11,14-15,19H,2-6,8-10,12-13H2,1H3,(H,20,24)/t14-/m1/s1.